The van der Waals surface area contributed by atoms with Crippen LogP contribution in [0.5, 0.6) is 0 Å². The Kier molecular flexibility index (Phi) is 4.70. The molecule has 94 valence electrons. The van der Waals surface area contributed by atoms with Crippen molar-refractivity contribution in [2.45, 2.75) is 38.9 Å². The van der Waals surface area contributed by atoms with Gasteiger partial charge in [-0.05, 0) is 26.7 Å². The van der Waals surface area contributed by atoms with Crippen molar-refractivity contribution in [1.29, 1.82) is 0 Å². The fourth-order valence-corrected chi connectivity index (χ4v) is 2.15. The van der Waals surface area contributed by atoms with Crippen LogP contribution in [0.3, 0.4) is 0 Å². The summed E-state index contributed by atoms with van der Waals surface area (Å²) < 4.78 is 10.4. The number of rotatable bonds is 6. The smallest absolute Gasteiger partial charge is 0.312 e. The summed E-state index contributed by atoms with van der Waals surface area (Å²) in [5.74, 6) is -0.895. The van der Waals surface area contributed by atoms with Crippen LogP contribution in [0.15, 0.2) is 0 Å². The number of carbonyl (C=O) groups is 1. The van der Waals surface area contributed by atoms with E-state index in [1.54, 1.807) is 6.92 Å². The van der Waals surface area contributed by atoms with Crippen LogP contribution in [0.1, 0.15) is 26.7 Å². The fraction of sp³-hybridized carbons (Fsp3) is 0.909. The number of hydrogen-bond acceptors (Lipinski definition) is 4. The first kappa shape index (κ1) is 13.4. The Morgan fingerprint density at radius 1 is 1.69 bits per heavy atom. The maximum atomic E-state index is 11.3. The fourth-order valence-electron chi connectivity index (χ4n) is 2.15. The average molecular weight is 232 g/mol. The molecule has 0 bridgehead atoms. The lowest BCUT2D eigenvalue weighted by Crippen LogP contribution is -2.41. The molecule has 3 unspecified atom stereocenters. The molecule has 1 rings (SSSR count). The van der Waals surface area contributed by atoms with E-state index in [0.717, 1.165) is 0 Å². The standard InChI is InChI=1S/C11H20O5/c1-3-15-7-9(12)6-11(10(13)14)4-5-16-8(11)2/h8-9,12H,3-7H2,1-2H3,(H,13,14). The number of carboxylic acids is 1. The predicted octanol–water partition coefficient (Wildman–Crippen LogP) is 0.654. The minimum absolute atomic E-state index is 0.179. The molecule has 1 aliphatic rings. The number of aliphatic carboxylic acids is 1. The van der Waals surface area contributed by atoms with Crippen LogP contribution in [0.25, 0.3) is 0 Å². The predicted molar refractivity (Wildman–Crippen MR) is 57.2 cm³/mol. The molecule has 5 heteroatoms. The van der Waals surface area contributed by atoms with Crippen molar-refractivity contribution in [3.05, 3.63) is 0 Å². The highest BCUT2D eigenvalue weighted by Gasteiger charge is 2.49. The molecule has 1 heterocycles. The third-order valence-electron chi connectivity index (χ3n) is 3.23. The van der Waals surface area contributed by atoms with Crippen LogP contribution >= 0.6 is 0 Å². The van der Waals surface area contributed by atoms with Gasteiger partial charge in [-0.1, -0.05) is 0 Å². The van der Waals surface area contributed by atoms with E-state index in [2.05, 4.69) is 0 Å². The Labute approximate surface area is 95.4 Å². The lowest BCUT2D eigenvalue weighted by molar-refractivity contribution is -0.155. The number of aliphatic hydroxyl groups is 1. The summed E-state index contributed by atoms with van der Waals surface area (Å²) >= 11 is 0. The van der Waals surface area contributed by atoms with Gasteiger partial charge in [0.05, 0.1) is 24.2 Å². The third-order valence-corrected chi connectivity index (χ3v) is 3.23. The Hall–Kier alpha value is -0.650. The maximum absolute atomic E-state index is 11.3. The summed E-state index contributed by atoms with van der Waals surface area (Å²) in [5.41, 5.74) is -0.962. The van der Waals surface area contributed by atoms with Crippen LogP contribution in [-0.4, -0.2) is 48.2 Å². The second-order valence-corrected chi connectivity index (χ2v) is 4.24. The van der Waals surface area contributed by atoms with Crippen molar-refractivity contribution in [2.24, 2.45) is 5.41 Å². The summed E-state index contributed by atoms with van der Waals surface area (Å²) in [4.78, 5) is 11.3. The number of hydrogen-bond donors (Lipinski definition) is 2. The van der Waals surface area contributed by atoms with Crippen molar-refractivity contribution >= 4 is 5.97 Å². The quantitative estimate of drug-likeness (QED) is 0.703. The van der Waals surface area contributed by atoms with Gasteiger partial charge in [0.15, 0.2) is 0 Å². The Bertz CT molecular complexity index is 243. The van der Waals surface area contributed by atoms with Crippen LogP contribution in [-0.2, 0) is 14.3 Å². The van der Waals surface area contributed by atoms with Gasteiger partial charge in [0.25, 0.3) is 0 Å². The second kappa shape index (κ2) is 5.61. The molecule has 0 saturated carbocycles. The average Bonchev–Trinajstić information content (AvgIpc) is 2.58. The van der Waals surface area contributed by atoms with Crippen molar-refractivity contribution in [3.63, 3.8) is 0 Å². The molecule has 0 spiro atoms. The molecule has 1 fully saturated rings. The molecule has 0 amide bonds. The first-order valence-electron chi connectivity index (χ1n) is 5.63. The van der Waals surface area contributed by atoms with Gasteiger partial charge in [-0.15, -0.1) is 0 Å². The number of carboxylic acid groups (broad SMARTS) is 1. The van der Waals surface area contributed by atoms with Crippen molar-refractivity contribution in [2.75, 3.05) is 19.8 Å². The molecule has 1 aliphatic heterocycles. The van der Waals surface area contributed by atoms with Gasteiger partial charge in [0.2, 0.25) is 0 Å². The van der Waals surface area contributed by atoms with E-state index in [4.69, 9.17) is 9.47 Å². The first-order valence-corrected chi connectivity index (χ1v) is 5.63. The highest BCUT2D eigenvalue weighted by atomic mass is 16.5. The SMILES string of the molecule is CCOCC(O)CC1(C(=O)O)CCOC1C. The summed E-state index contributed by atoms with van der Waals surface area (Å²) in [6.45, 7) is 4.71. The van der Waals surface area contributed by atoms with E-state index in [1.165, 1.54) is 0 Å². The maximum Gasteiger partial charge on any atom is 0.312 e. The summed E-state index contributed by atoms with van der Waals surface area (Å²) in [5, 5.41) is 19.0. The number of ether oxygens (including phenoxy) is 2. The van der Waals surface area contributed by atoms with E-state index >= 15 is 0 Å². The zero-order chi connectivity index (χ0) is 12.2. The van der Waals surface area contributed by atoms with E-state index < -0.39 is 17.5 Å². The minimum atomic E-state index is -0.962. The van der Waals surface area contributed by atoms with Crippen LogP contribution in [0.2, 0.25) is 0 Å². The molecule has 3 atom stereocenters. The van der Waals surface area contributed by atoms with Gasteiger partial charge < -0.3 is 19.7 Å². The lowest BCUT2D eigenvalue weighted by atomic mass is 9.77. The molecular weight excluding hydrogens is 212 g/mol. The molecule has 0 radical (unpaired) electrons. The van der Waals surface area contributed by atoms with Gasteiger partial charge in [0, 0.05) is 13.2 Å². The zero-order valence-corrected chi connectivity index (χ0v) is 9.81. The topological polar surface area (TPSA) is 76.0 Å². The zero-order valence-electron chi connectivity index (χ0n) is 9.81. The Morgan fingerprint density at radius 2 is 2.38 bits per heavy atom. The molecule has 0 aliphatic carbocycles. The van der Waals surface area contributed by atoms with E-state index in [0.29, 0.717) is 19.6 Å². The van der Waals surface area contributed by atoms with Gasteiger partial charge in [-0.25, -0.2) is 0 Å². The normalized spacial score (nSPS) is 31.6. The molecule has 1 saturated heterocycles. The first-order chi connectivity index (χ1) is 7.53. The highest BCUT2D eigenvalue weighted by Crippen LogP contribution is 2.39. The molecule has 0 aromatic rings. The monoisotopic (exact) mass is 232 g/mol. The lowest BCUT2D eigenvalue weighted by Gasteiger charge is -2.29. The Balaban J connectivity index is 2.61. The highest BCUT2D eigenvalue weighted by molar-refractivity contribution is 5.75. The van der Waals surface area contributed by atoms with Crippen molar-refractivity contribution < 1.29 is 24.5 Å². The minimum Gasteiger partial charge on any atom is -0.481 e. The Morgan fingerprint density at radius 3 is 2.81 bits per heavy atom. The van der Waals surface area contributed by atoms with Crippen LogP contribution in [0.4, 0.5) is 0 Å². The van der Waals surface area contributed by atoms with Gasteiger partial charge in [-0.2, -0.15) is 0 Å². The summed E-state index contributed by atoms with van der Waals surface area (Å²) in [6, 6.07) is 0. The molecule has 2 N–H and O–H groups in total. The van der Waals surface area contributed by atoms with Crippen LogP contribution in [0, 0.1) is 5.41 Å². The summed E-state index contributed by atoms with van der Waals surface area (Å²) in [7, 11) is 0. The van der Waals surface area contributed by atoms with Crippen LogP contribution < -0.4 is 0 Å². The van der Waals surface area contributed by atoms with E-state index in [9.17, 15) is 15.0 Å². The van der Waals surface area contributed by atoms with Gasteiger partial charge in [-0.3, -0.25) is 4.79 Å². The van der Waals surface area contributed by atoms with Gasteiger partial charge in [0.1, 0.15) is 0 Å². The molecule has 16 heavy (non-hydrogen) atoms. The van der Waals surface area contributed by atoms with Crippen molar-refractivity contribution in [1.82, 2.24) is 0 Å². The molecule has 0 aromatic heterocycles. The molecule has 5 nitrogen and oxygen atoms in total. The van der Waals surface area contributed by atoms with Gasteiger partial charge >= 0.3 is 5.97 Å². The third kappa shape index (κ3) is 2.72. The number of aliphatic hydroxyl groups excluding tert-OH is 1. The van der Waals surface area contributed by atoms with E-state index in [-0.39, 0.29) is 19.1 Å². The van der Waals surface area contributed by atoms with Crippen molar-refractivity contribution in [3.8, 4) is 0 Å². The van der Waals surface area contributed by atoms with E-state index in [1.807, 2.05) is 6.92 Å². The largest absolute Gasteiger partial charge is 0.481 e. The molecule has 0 aromatic carbocycles. The summed E-state index contributed by atoms with van der Waals surface area (Å²) in [6.07, 6.45) is -0.475. The second-order valence-electron chi connectivity index (χ2n) is 4.24. The molecular formula is C11H20O5.